The van der Waals surface area contributed by atoms with E-state index in [0.29, 0.717) is 0 Å². The molecular formula is C13H17ClFN. The molecule has 0 bridgehead atoms. The van der Waals surface area contributed by atoms with E-state index in [-0.39, 0.29) is 16.9 Å². The predicted molar refractivity (Wildman–Crippen MR) is 65.2 cm³/mol. The number of rotatable bonds is 5. The first-order chi connectivity index (χ1) is 7.72. The summed E-state index contributed by atoms with van der Waals surface area (Å²) in [5.74, 6) is 0.564. The summed E-state index contributed by atoms with van der Waals surface area (Å²) < 4.78 is 13.3. The zero-order chi connectivity index (χ0) is 11.5. The van der Waals surface area contributed by atoms with Crippen molar-refractivity contribution < 1.29 is 4.39 Å². The molecule has 1 N–H and O–H groups in total. The van der Waals surface area contributed by atoms with E-state index in [9.17, 15) is 4.39 Å². The van der Waals surface area contributed by atoms with Gasteiger partial charge in [0.15, 0.2) is 0 Å². The molecule has 1 aromatic carbocycles. The topological polar surface area (TPSA) is 12.0 Å². The fourth-order valence-corrected chi connectivity index (χ4v) is 2.31. The normalized spacial score (nSPS) is 17.4. The third-order valence-electron chi connectivity index (χ3n) is 3.27. The summed E-state index contributed by atoms with van der Waals surface area (Å²) in [4.78, 5) is 0. The van der Waals surface area contributed by atoms with Gasteiger partial charge in [0.1, 0.15) is 5.82 Å². The lowest BCUT2D eigenvalue weighted by Crippen LogP contribution is -2.17. The first-order valence-corrected chi connectivity index (χ1v) is 6.21. The van der Waals surface area contributed by atoms with Crippen LogP contribution < -0.4 is 5.32 Å². The van der Waals surface area contributed by atoms with E-state index in [4.69, 9.17) is 11.6 Å². The van der Waals surface area contributed by atoms with Crippen LogP contribution in [0.2, 0.25) is 5.02 Å². The Morgan fingerprint density at radius 2 is 2.25 bits per heavy atom. The standard InChI is InChI=1S/C13H17ClFN/c1-16-12(8-7-9-5-6-9)10-3-2-4-11(15)13(10)14/h2-4,9,12,16H,5-8H2,1H3. The van der Waals surface area contributed by atoms with Crippen molar-refractivity contribution in [1.82, 2.24) is 5.32 Å². The smallest absolute Gasteiger partial charge is 0.142 e. The fourth-order valence-electron chi connectivity index (χ4n) is 2.05. The van der Waals surface area contributed by atoms with Gasteiger partial charge in [-0.25, -0.2) is 4.39 Å². The number of hydrogen-bond donors (Lipinski definition) is 1. The van der Waals surface area contributed by atoms with E-state index in [1.165, 1.54) is 25.3 Å². The lowest BCUT2D eigenvalue weighted by Gasteiger charge is -2.18. The maximum Gasteiger partial charge on any atom is 0.142 e. The van der Waals surface area contributed by atoms with Crippen LogP contribution >= 0.6 is 11.6 Å². The highest BCUT2D eigenvalue weighted by atomic mass is 35.5. The van der Waals surface area contributed by atoms with Gasteiger partial charge in [0.25, 0.3) is 0 Å². The highest BCUT2D eigenvalue weighted by molar-refractivity contribution is 6.31. The minimum Gasteiger partial charge on any atom is -0.313 e. The maximum atomic E-state index is 13.3. The monoisotopic (exact) mass is 241 g/mol. The van der Waals surface area contributed by atoms with Crippen LogP contribution in [0, 0.1) is 11.7 Å². The van der Waals surface area contributed by atoms with E-state index in [0.717, 1.165) is 17.9 Å². The maximum absolute atomic E-state index is 13.3. The molecule has 1 nitrogen and oxygen atoms in total. The summed E-state index contributed by atoms with van der Waals surface area (Å²) in [6.45, 7) is 0. The Bertz CT molecular complexity index is 363. The van der Waals surface area contributed by atoms with E-state index in [2.05, 4.69) is 5.32 Å². The lowest BCUT2D eigenvalue weighted by atomic mass is 10.0. The molecule has 1 saturated carbocycles. The Morgan fingerprint density at radius 1 is 1.50 bits per heavy atom. The summed E-state index contributed by atoms with van der Waals surface area (Å²) in [5, 5.41) is 3.48. The molecule has 0 aliphatic heterocycles. The van der Waals surface area contributed by atoms with Crippen molar-refractivity contribution in [3.05, 3.63) is 34.6 Å². The van der Waals surface area contributed by atoms with Crippen LogP contribution in [0.25, 0.3) is 0 Å². The molecule has 1 aliphatic carbocycles. The number of nitrogens with one attached hydrogen (secondary N) is 1. The highest BCUT2D eigenvalue weighted by Crippen LogP contribution is 2.37. The molecule has 0 saturated heterocycles. The van der Waals surface area contributed by atoms with E-state index in [1.807, 2.05) is 13.1 Å². The van der Waals surface area contributed by atoms with Gasteiger partial charge in [-0.15, -0.1) is 0 Å². The Hall–Kier alpha value is -0.600. The Kier molecular flexibility index (Phi) is 3.82. The van der Waals surface area contributed by atoms with Gasteiger partial charge in [-0.1, -0.05) is 36.6 Å². The van der Waals surface area contributed by atoms with Crippen molar-refractivity contribution in [2.45, 2.75) is 31.7 Å². The van der Waals surface area contributed by atoms with E-state index in [1.54, 1.807) is 6.07 Å². The fraction of sp³-hybridized carbons (Fsp3) is 0.538. The molecule has 88 valence electrons. The zero-order valence-electron chi connectivity index (χ0n) is 9.47. The molecular weight excluding hydrogens is 225 g/mol. The van der Waals surface area contributed by atoms with Crippen molar-refractivity contribution in [2.75, 3.05) is 7.05 Å². The largest absolute Gasteiger partial charge is 0.313 e. The zero-order valence-corrected chi connectivity index (χ0v) is 10.2. The van der Waals surface area contributed by atoms with Gasteiger partial charge in [-0.05, 0) is 37.4 Å². The molecule has 0 amide bonds. The van der Waals surface area contributed by atoms with Crippen LogP contribution in [0.4, 0.5) is 4.39 Å². The Labute approximate surface area is 101 Å². The lowest BCUT2D eigenvalue weighted by molar-refractivity contribution is 0.503. The Balaban J connectivity index is 2.08. The average molecular weight is 242 g/mol. The molecule has 1 atom stereocenters. The van der Waals surface area contributed by atoms with E-state index < -0.39 is 0 Å². The van der Waals surface area contributed by atoms with Crippen LogP contribution in [0.3, 0.4) is 0 Å². The van der Waals surface area contributed by atoms with Crippen molar-refractivity contribution >= 4 is 11.6 Å². The van der Waals surface area contributed by atoms with E-state index >= 15 is 0 Å². The predicted octanol–water partition coefficient (Wildman–Crippen LogP) is 3.93. The second kappa shape index (κ2) is 5.15. The van der Waals surface area contributed by atoms with Gasteiger partial charge >= 0.3 is 0 Å². The van der Waals surface area contributed by atoms with Gasteiger partial charge in [0.2, 0.25) is 0 Å². The number of benzene rings is 1. The van der Waals surface area contributed by atoms with Crippen molar-refractivity contribution in [1.29, 1.82) is 0 Å². The van der Waals surface area contributed by atoms with Crippen molar-refractivity contribution in [2.24, 2.45) is 5.92 Å². The second-order valence-electron chi connectivity index (χ2n) is 4.51. The molecule has 1 fully saturated rings. The van der Waals surface area contributed by atoms with Gasteiger partial charge in [0, 0.05) is 6.04 Å². The Morgan fingerprint density at radius 3 is 2.88 bits per heavy atom. The quantitative estimate of drug-likeness (QED) is 0.824. The van der Waals surface area contributed by atoms with Crippen LogP contribution in [-0.2, 0) is 0 Å². The molecule has 1 aromatic rings. The number of halogens is 2. The summed E-state index contributed by atoms with van der Waals surface area (Å²) in [6, 6.07) is 5.19. The second-order valence-corrected chi connectivity index (χ2v) is 4.88. The van der Waals surface area contributed by atoms with Crippen molar-refractivity contribution in [3.63, 3.8) is 0 Å². The summed E-state index contributed by atoms with van der Waals surface area (Å²) >= 11 is 5.98. The molecule has 16 heavy (non-hydrogen) atoms. The van der Waals surface area contributed by atoms with Gasteiger partial charge in [0.05, 0.1) is 5.02 Å². The first kappa shape index (κ1) is 11.9. The summed E-state index contributed by atoms with van der Waals surface area (Å²) in [5.41, 5.74) is 0.879. The molecule has 0 spiro atoms. The summed E-state index contributed by atoms with van der Waals surface area (Å²) in [6.07, 6.45) is 4.95. The van der Waals surface area contributed by atoms with Crippen LogP contribution in [0.1, 0.15) is 37.3 Å². The van der Waals surface area contributed by atoms with Gasteiger partial charge in [-0.3, -0.25) is 0 Å². The third-order valence-corrected chi connectivity index (χ3v) is 3.66. The molecule has 0 radical (unpaired) electrons. The first-order valence-electron chi connectivity index (χ1n) is 5.83. The molecule has 1 aliphatic rings. The van der Waals surface area contributed by atoms with Crippen LogP contribution in [0.5, 0.6) is 0 Å². The minimum absolute atomic E-state index is 0.170. The molecule has 0 aromatic heterocycles. The van der Waals surface area contributed by atoms with Crippen LogP contribution in [-0.4, -0.2) is 7.05 Å². The average Bonchev–Trinajstić information content (AvgIpc) is 3.08. The number of hydrogen-bond acceptors (Lipinski definition) is 1. The highest BCUT2D eigenvalue weighted by Gasteiger charge is 2.23. The minimum atomic E-state index is -0.328. The molecule has 3 heteroatoms. The summed E-state index contributed by atoms with van der Waals surface area (Å²) in [7, 11) is 1.90. The van der Waals surface area contributed by atoms with Gasteiger partial charge < -0.3 is 5.32 Å². The van der Waals surface area contributed by atoms with Crippen molar-refractivity contribution in [3.8, 4) is 0 Å². The SMILES string of the molecule is CNC(CCC1CC1)c1cccc(F)c1Cl. The third kappa shape index (κ3) is 2.74. The van der Waals surface area contributed by atoms with Crippen LogP contribution in [0.15, 0.2) is 18.2 Å². The molecule has 2 rings (SSSR count). The molecule has 0 heterocycles. The van der Waals surface area contributed by atoms with Gasteiger partial charge in [-0.2, -0.15) is 0 Å². The molecule has 1 unspecified atom stereocenters.